The number of carboxylic acids is 1. The van der Waals surface area contributed by atoms with Gasteiger partial charge >= 0.3 is 11.9 Å². The molecule has 294 valence electrons. The first kappa shape index (κ1) is 48.4. The van der Waals surface area contributed by atoms with Gasteiger partial charge in [0.1, 0.15) is 6.10 Å². The largest absolute Gasteiger partial charge is 0.481 e. The van der Waals surface area contributed by atoms with Gasteiger partial charge in [-0.15, -0.1) is 0 Å². The summed E-state index contributed by atoms with van der Waals surface area (Å²) in [7, 11) is 0. The van der Waals surface area contributed by atoms with Gasteiger partial charge < -0.3 is 9.84 Å². The van der Waals surface area contributed by atoms with Crippen LogP contribution < -0.4 is 0 Å². The van der Waals surface area contributed by atoms with Gasteiger partial charge in [0.25, 0.3) is 0 Å². The lowest BCUT2D eigenvalue weighted by Gasteiger charge is -2.18. The van der Waals surface area contributed by atoms with Gasteiger partial charge in [-0.25, -0.2) is 0 Å². The van der Waals surface area contributed by atoms with Crippen molar-refractivity contribution in [1.29, 1.82) is 0 Å². The molecule has 4 nitrogen and oxygen atoms in total. The number of carboxylic acid groups (broad SMARTS) is 1. The zero-order chi connectivity index (χ0) is 36.4. The lowest BCUT2D eigenvalue weighted by molar-refractivity contribution is -0.150. The van der Waals surface area contributed by atoms with Gasteiger partial charge in [0, 0.05) is 12.8 Å². The number of carbonyl (C=O) groups is 2. The highest BCUT2D eigenvalue weighted by Gasteiger charge is 2.14. The van der Waals surface area contributed by atoms with Crippen molar-refractivity contribution in [1.82, 2.24) is 0 Å². The number of carbonyl (C=O) groups excluding carboxylic acids is 1. The van der Waals surface area contributed by atoms with Gasteiger partial charge in [-0.1, -0.05) is 192 Å². The molecule has 0 saturated heterocycles. The highest BCUT2D eigenvalue weighted by molar-refractivity contribution is 5.69. The number of rotatable bonds is 41. The maximum Gasteiger partial charge on any atom is 0.306 e. The molecule has 1 atom stereocenters. The molecule has 0 radical (unpaired) electrons. The van der Waals surface area contributed by atoms with Crippen LogP contribution in [0.1, 0.15) is 251 Å². The number of allylic oxidation sites excluding steroid dienone is 4. The van der Waals surface area contributed by atoms with Gasteiger partial charge in [0.05, 0.1) is 0 Å². The Bertz CT molecular complexity index is 757. The van der Waals surface area contributed by atoms with Crippen LogP contribution in [0.3, 0.4) is 0 Å². The van der Waals surface area contributed by atoms with E-state index in [1.807, 2.05) is 0 Å². The second-order valence-electron chi connectivity index (χ2n) is 15.2. The first-order valence-corrected chi connectivity index (χ1v) is 22.3. The molecule has 0 aromatic rings. The van der Waals surface area contributed by atoms with Crippen LogP contribution in [0, 0.1) is 0 Å². The molecule has 0 aliphatic carbocycles. The molecule has 0 aromatic heterocycles. The minimum Gasteiger partial charge on any atom is -0.481 e. The molecule has 4 heteroatoms. The molecule has 1 N–H and O–H groups in total. The van der Waals surface area contributed by atoms with E-state index in [2.05, 4.69) is 38.2 Å². The molecule has 0 spiro atoms. The minimum atomic E-state index is -0.698. The molecular weight excluding hydrogens is 617 g/mol. The van der Waals surface area contributed by atoms with Crippen molar-refractivity contribution >= 4 is 11.9 Å². The van der Waals surface area contributed by atoms with Crippen LogP contribution >= 0.6 is 0 Å². The highest BCUT2D eigenvalue weighted by Crippen LogP contribution is 2.19. The van der Waals surface area contributed by atoms with E-state index in [0.717, 1.165) is 70.6 Å². The third-order valence-corrected chi connectivity index (χ3v) is 10.2. The Hall–Kier alpha value is -1.58. The minimum absolute atomic E-state index is 0.00223. The van der Waals surface area contributed by atoms with E-state index in [1.54, 1.807) is 0 Å². The molecule has 0 amide bonds. The Morgan fingerprint density at radius 3 is 1.18 bits per heavy atom. The topological polar surface area (TPSA) is 63.6 Å². The Labute approximate surface area is 312 Å². The summed E-state index contributed by atoms with van der Waals surface area (Å²) in [6, 6.07) is 0. The van der Waals surface area contributed by atoms with Gasteiger partial charge in [0.15, 0.2) is 0 Å². The van der Waals surface area contributed by atoms with Crippen molar-refractivity contribution in [3.8, 4) is 0 Å². The van der Waals surface area contributed by atoms with Crippen LogP contribution in [-0.2, 0) is 14.3 Å². The summed E-state index contributed by atoms with van der Waals surface area (Å²) < 4.78 is 6.02. The second-order valence-corrected chi connectivity index (χ2v) is 15.2. The summed E-state index contributed by atoms with van der Waals surface area (Å²) >= 11 is 0. The molecule has 0 heterocycles. The maximum absolute atomic E-state index is 12.7. The molecule has 1 unspecified atom stereocenters. The van der Waals surface area contributed by atoms with Crippen LogP contribution in [-0.4, -0.2) is 23.1 Å². The first-order chi connectivity index (χ1) is 24.6. The summed E-state index contributed by atoms with van der Waals surface area (Å²) in [6.45, 7) is 4.55. The van der Waals surface area contributed by atoms with Gasteiger partial charge in [-0.2, -0.15) is 0 Å². The van der Waals surface area contributed by atoms with E-state index in [4.69, 9.17) is 9.84 Å². The molecule has 0 aliphatic heterocycles. The number of aliphatic carboxylic acids is 1. The molecule has 0 saturated carbocycles. The Kier molecular flexibility index (Phi) is 40.5. The van der Waals surface area contributed by atoms with E-state index < -0.39 is 5.97 Å². The summed E-state index contributed by atoms with van der Waals surface area (Å²) in [5.41, 5.74) is 0. The molecule has 50 heavy (non-hydrogen) atoms. The Balaban J connectivity index is 3.91. The standard InChI is InChI=1S/C46H86O4/c1-3-5-7-9-11-13-15-16-17-18-19-20-21-22-23-24-26-28-30-35-39-43-46(49)50-44(41-37-33-31-34-38-42-45(47)48)40-36-32-29-27-25-14-12-10-8-6-4-2/h15-16,18-19,44H,3-14,17,20-43H2,1-2H3,(H,47,48)/b16-15-,19-18-. The average Bonchev–Trinajstić information content (AvgIpc) is 3.10. The SMILES string of the molecule is CCCCCCC/C=C\C/C=C\CCCCCCCCCCCC(=O)OC(CCCCCCCCCCCCC)CCCCCCCC(=O)O. The summed E-state index contributed by atoms with van der Waals surface area (Å²) in [5.74, 6) is -0.696. The van der Waals surface area contributed by atoms with Crippen LogP contribution in [0.25, 0.3) is 0 Å². The lowest BCUT2D eigenvalue weighted by atomic mass is 10.0. The lowest BCUT2D eigenvalue weighted by Crippen LogP contribution is -2.18. The summed E-state index contributed by atoms with van der Waals surface area (Å²) in [6.07, 6.45) is 53.5. The van der Waals surface area contributed by atoms with Crippen molar-refractivity contribution in [3.63, 3.8) is 0 Å². The fourth-order valence-electron chi connectivity index (χ4n) is 6.86. The molecule has 0 fully saturated rings. The van der Waals surface area contributed by atoms with Crippen molar-refractivity contribution in [2.45, 2.75) is 258 Å². The van der Waals surface area contributed by atoms with Gasteiger partial charge in [0.2, 0.25) is 0 Å². The molecule has 0 rings (SSSR count). The van der Waals surface area contributed by atoms with Crippen LogP contribution in [0.4, 0.5) is 0 Å². The summed E-state index contributed by atoms with van der Waals surface area (Å²) in [5, 5.41) is 8.83. The number of hydrogen-bond acceptors (Lipinski definition) is 3. The van der Waals surface area contributed by atoms with Crippen molar-refractivity contribution in [3.05, 3.63) is 24.3 Å². The fraction of sp³-hybridized carbons (Fsp3) is 0.870. The number of esters is 1. The zero-order valence-corrected chi connectivity index (χ0v) is 33.7. The van der Waals surface area contributed by atoms with E-state index >= 15 is 0 Å². The van der Waals surface area contributed by atoms with Crippen molar-refractivity contribution < 1.29 is 19.4 Å². The van der Waals surface area contributed by atoms with E-state index in [0.29, 0.717) is 6.42 Å². The van der Waals surface area contributed by atoms with E-state index in [1.165, 1.54) is 154 Å². The van der Waals surface area contributed by atoms with Crippen molar-refractivity contribution in [2.24, 2.45) is 0 Å². The Morgan fingerprint density at radius 2 is 0.780 bits per heavy atom. The maximum atomic E-state index is 12.7. The second kappa shape index (κ2) is 41.8. The zero-order valence-electron chi connectivity index (χ0n) is 33.7. The number of ether oxygens (including phenoxy) is 1. The Morgan fingerprint density at radius 1 is 0.440 bits per heavy atom. The summed E-state index contributed by atoms with van der Waals surface area (Å²) in [4.78, 5) is 23.4. The van der Waals surface area contributed by atoms with Gasteiger partial charge in [-0.05, 0) is 70.6 Å². The van der Waals surface area contributed by atoms with Crippen molar-refractivity contribution in [2.75, 3.05) is 0 Å². The van der Waals surface area contributed by atoms with Gasteiger partial charge in [-0.3, -0.25) is 9.59 Å². The van der Waals surface area contributed by atoms with E-state index in [9.17, 15) is 9.59 Å². The average molecular weight is 703 g/mol. The van der Waals surface area contributed by atoms with Crippen LogP contribution in [0.2, 0.25) is 0 Å². The molecule has 0 aliphatic rings. The fourth-order valence-corrected chi connectivity index (χ4v) is 6.86. The van der Waals surface area contributed by atoms with Crippen LogP contribution in [0.5, 0.6) is 0 Å². The van der Waals surface area contributed by atoms with E-state index in [-0.39, 0.29) is 18.5 Å². The molecule has 0 bridgehead atoms. The number of unbranched alkanes of at least 4 members (excludes halogenated alkanes) is 28. The predicted molar refractivity (Wildman–Crippen MR) is 218 cm³/mol. The number of hydrogen-bond donors (Lipinski definition) is 1. The van der Waals surface area contributed by atoms with Crippen LogP contribution in [0.15, 0.2) is 24.3 Å². The third-order valence-electron chi connectivity index (χ3n) is 10.2. The highest BCUT2D eigenvalue weighted by atomic mass is 16.5. The predicted octanol–water partition coefficient (Wildman–Crippen LogP) is 15.6. The molecule has 0 aromatic carbocycles. The third kappa shape index (κ3) is 40.8. The molecular formula is C46H86O4. The quantitative estimate of drug-likeness (QED) is 0.0391. The monoisotopic (exact) mass is 703 g/mol. The first-order valence-electron chi connectivity index (χ1n) is 22.3. The normalized spacial score (nSPS) is 12.4. The smallest absolute Gasteiger partial charge is 0.306 e.